The van der Waals surface area contributed by atoms with Crippen molar-refractivity contribution in [3.63, 3.8) is 0 Å². The SMILES string of the molecule is CC(C)c1ccc(N(C)C(=O)CN)cn1. The first kappa shape index (κ1) is 11.7. The normalized spacial score (nSPS) is 10.5. The van der Waals surface area contributed by atoms with Gasteiger partial charge in [-0.3, -0.25) is 9.78 Å². The quantitative estimate of drug-likeness (QED) is 0.808. The molecule has 0 spiro atoms. The van der Waals surface area contributed by atoms with Gasteiger partial charge < -0.3 is 10.6 Å². The molecule has 1 aromatic rings. The Morgan fingerprint density at radius 3 is 2.60 bits per heavy atom. The summed E-state index contributed by atoms with van der Waals surface area (Å²) in [6.07, 6.45) is 1.70. The van der Waals surface area contributed by atoms with Gasteiger partial charge in [-0.05, 0) is 18.1 Å². The van der Waals surface area contributed by atoms with E-state index in [1.165, 1.54) is 4.90 Å². The van der Waals surface area contributed by atoms with Crippen molar-refractivity contribution in [1.82, 2.24) is 4.98 Å². The molecule has 0 aromatic carbocycles. The summed E-state index contributed by atoms with van der Waals surface area (Å²) in [7, 11) is 1.70. The zero-order valence-electron chi connectivity index (χ0n) is 9.40. The summed E-state index contributed by atoms with van der Waals surface area (Å²) >= 11 is 0. The van der Waals surface area contributed by atoms with Gasteiger partial charge in [0.1, 0.15) is 0 Å². The van der Waals surface area contributed by atoms with Crippen LogP contribution in [0.5, 0.6) is 0 Å². The fourth-order valence-corrected chi connectivity index (χ4v) is 1.22. The summed E-state index contributed by atoms with van der Waals surface area (Å²) in [6, 6.07) is 3.82. The number of carbonyl (C=O) groups is 1. The van der Waals surface area contributed by atoms with E-state index in [1.54, 1.807) is 13.2 Å². The molecule has 1 rings (SSSR count). The highest BCUT2D eigenvalue weighted by atomic mass is 16.2. The third kappa shape index (κ3) is 2.76. The molecular weight excluding hydrogens is 190 g/mol. The van der Waals surface area contributed by atoms with Crippen molar-refractivity contribution < 1.29 is 4.79 Å². The first-order valence-electron chi connectivity index (χ1n) is 4.98. The maximum atomic E-state index is 11.3. The van der Waals surface area contributed by atoms with E-state index < -0.39 is 0 Å². The van der Waals surface area contributed by atoms with Gasteiger partial charge in [0.25, 0.3) is 0 Å². The number of pyridine rings is 1. The van der Waals surface area contributed by atoms with Gasteiger partial charge in [-0.15, -0.1) is 0 Å². The molecule has 1 heterocycles. The second kappa shape index (κ2) is 4.89. The van der Waals surface area contributed by atoms with Gasteiger partial charge in [-0.1, -0.05) is 13.8 Å². The third-order valence-electron chi connectivity index (χ3n) is 2.30. The van der Waals surface area contributed by atoms with Gasteiger partial charge in [-0.25, -0.2) is 0 Å². The first-order valence-corrected chi connectivity index (χ1v) is 4.98. The van der Waals surface area contributed by atoms with Crippen molar-refractivity contribution in [1.29, 1.82) is 0 Å². The van der Waals surface area contributed by atoms with Crippen molar-refractivity contribution >= 4 is 11.6 Å². The lowest BCUT2D eigenvalue weighted by molar-refractivity contribution is -0.117. The van der Waals surface area contributed by atoms with E-state index in [0.717, 1.165) is 11.4 Å². The molecular formula is C11H17N3O. The molecule has 0 unspecified atom stereocenters. The van der Waals surface area contributed by atoms with E-state index in [0.29, 0.717) is 5.92 Å². The summed E-state index contributed by atoms with van der Waals surface area (Å²) in [4.78, 5) is 17.1. The van der Waals surface area contributed by atoms with Gasteiger partial charge in [0.05, 0.1) is 18.4 Å². The highest BCUT2D eigenvalue weighted by Crippen LogP contribution is 2.16. The Balaban J connectivity index is 2.84. The van der Waals surface area contributed by atoms with Crippen LogP contribution in [-0.4, -0.2) is 24.5 Å². The first-order chi connectivity index (χ1) is 7.06. The highest BCUT2D eigenvalue weighted by Gasteiger charge is 2.09. The number of aromatic nitrogens is 1. The highest BCUT2D eigenvalue weighted by molar-refractivity contribution is 5.93. The van der Waals surface area contributed by atoms with Crippen LogP contribution in [-0.2, 0) is 4.79 Å². The van der Waals surface area contributed by atoms with Crippen molar-refractivity contribution in [3.05, 3.63) is 24.0 Å². The molecule has 4 heteroatoms. The third-order valence-corrected chi connectivity index (χ3v) is 2.30. The Kier molecular flexibility index (Phi) is 3.80. The summed E-state index contributed by atoms with van der Waals surface area (Å²) in [5.41, 5.74) is 7.07. The standard InChI is InChI=1S/C11H17N3O/c1-8(2)10-5-4-9(7-13-10)14(3)11(15)6-12/h4-5,7-8H,6,12H2,1-3H3. The number of hydrogen-bond acceptors (Lipinski definition) is 3. The number of rotatable bonds is 3. The molecule has 15 heavy (non-hydrogen) atoms. The fraction of sp³-hybridized carbons (Fsp3) is 0.455. The number of hydrogen-bond donors (Lipinski definition) is 1. The predicted molar refractivity (Wildman–Crippen MR) is 60.8 cm³/mol. The molecule has 0 saturated heterocycles. The lowest BCUT2D eigenvalue weighted by atomic mass is 10.1. The zero-order chi connectivity index (χ0) is 11.4. The predicted octanol–water partition coefficient (Wildman–Crippen LogP) is 1.13. The summed E-state index contributed by atoms with van der Waals surface area (Å²) in [5, 5.41) is 0. The van der Waals surface area contributed by atoms with Crippen LogP contribution in [0.3, 0.4) is 0 Å². The van der Waals surface area contributed by atoms with Crippen molar-refractivity contribution in [2.24, 2.45) is 5.73 Å². The molecule has 0 radical (unpaired) electrons. The molecule has 0 bridgehead atoms. The second-order valence-electron chi connectivity index (χ2n) is 3.75. The number of carbonyl (C=O) groups excluding carboxylic acids is 1. The number of nitrogens with zero attached hydrogens (tertiary/aromatic N) is 2. The zero-order valence-corrected chi connectivity index (χ0v) is 9.40. The molecule has 2 N–H and O–H groups in total. The minimum absolute atomic E-state index is 0.0163. The minimum Gasteiger partial charge on any atom is -0.322 e. The number of amides is 1. The molecule has 0 fully saturated rings. The van der Waals surface area contributed by atoms with E-state index in [9.17, 15) is 4.79 Å². The Labute approximate surface area is 90.1 Å². The van der Waals surface area contributed by atoms with Crippen LogP contribution < -0.4 is 10.6 Å². The molecule has 4 nitrogen and oxygen atoms in total. The van der Waals surface area contributed by atoms with Crippen molar-refractivity contribution in [3.8, 4) is 0 Å². The Hall–Kier alpha value is -1.42. The average molecular weight is 207 g/mol. The molecule has 82 valence electrons. The van der Waals surface area contributed by atoms with E-state index in [-0.39, 0.29) is 12.5 Å². The van der Waals surface area contributed by atoms with Crippen molar-refractivity contribution in [2.45, 2.75) is 19.8 Å². The molecule has 0 atom stereocenters. The van der Waals surface area contributed by atoms with Gasteiger partial charge in [-0.2, -0.15) is 0 Å². The van der Waals surface area contributed by atoms with Crippen LogP contribution in [0.2, 0.25) is 0 Å². The molecule has 0 aliphatic carbocycles. The maximum Gasteiger partial charge on any atom is 0.240 e. The van der Waals surface area contributed by atoms with E-state index in [4.69, 9.17) is 5.73 Å². The fourth-order valence-electron chi connectivity index (χ4n) is 1.22. The van der Waals surface area contributed by atoms with Gasteiger partial charge in [0.2, 0.25) is 5.91 Å². The summed E-state index contributed by atoms with van der Waals surface area (Å²) < 4.78 is 0. The lowest BCUT2D eigenvalue weighted by Crippen LogP contribution is -2.32. The van der Waals surface area contributed by atoms with Crippen LogP contribution in [0.4, 0.5) is 5.69 Å². The monoisotopic (exact) mass is 207 g/mol. The van der Waals surface area contributed by atoms with Gasteiger partial charge in [0, 0.05) is 12.7 Å². The number of nitrogens with two attached hydrogens (primary N) is 1. The largest absolute Gasteiger partial charge is 0.322 e. The van der Waals surface area contributed by atoms with Crippen LogP contribution in [0.25, 0.3) is 0 Å². The van der Waals surface area contributed by atoms with E-state index in [1.807, 2.05) is 12.1 Å². The molecule has 1 aromatic heterocycles. The number of likely N-dealkylation sites (N-methyl/N-ethyl adjacent to an activating group) is 1. The van der Waals surface area contributed by atoms with Gasteiger partial charge in [0.15, 0.2) is 0 Å². The van der Waals surface area contributed by atoms with Gasteiger partial charge >= 0.3 is 0 Å². The van der Waals surface area contributed by atoms with Crippen LogP contribution >= 0.6 is 0 Å². The van der Waals surface area contributed by atoms with Crippen LogP contribution in [0, 0.1) is 0 Å². The Morgan fingerprint density at radius 1 is 1.53 bits per heavy atom. The van der Waals surface area contributed by atoms with Crippen molar-refractivity contribution in [2.75, 3.05) is 18.5 Å². The minimum atomic E-state index is -0.117. The smallest absolute Gasteiger partial charge is 0.240 e. The molecule has 0 aliphatic rings. The van der Waals surface area contributed by atoms with Crippen LogP contribution in [0.1, 0.15) is 25.5 Å². The average Bonchev–Trinajstić information content (AvgIpc) is 2.27. The molecule has 0 saturated carbocycles. The molecule has 1 amide bonds. The number of anilines is 1. The Morgan fingerprint density at radius 2 is 2.20 bits per heavy atom. The summed E-state index contributed by atoms with van der Waals surface area (Å²) in [6.45, 7) is 4.18. The Bertz CT molecular complexity index is 332. The topological polar surface area (TPSA) is 59.2 Å². The maximum absolute atomic E-state index is 11.3. The molecule has 0 aliphatic heterocycles. The van der Waals surface area contributed by atoms with Crippen LogP contribution in [0.15, 0.2) is 18.3 Å². The van der Waals surface area contributed by atoms with E-state index in [2.05, 4.69) is 18.8 Å². The summed E-state index contributed by atoms with van der Waals surface area (Å²) in [5.74, 6) is 0.281. The lowest BCUT2D eigenvalue weighted by Gasteiger charge is -2.16. The second-order valence-corrected chi connectivity index (χ2v) is 3.75. The van der Waals surface area contributed by atoms with E-state index >= 15 is 0 Å².